The molecule has 8 nitrogen and oxygen atoms in total. The van der Waals surface area contributed by atoms with Crippen molar-refractivity contribution in [3.63, 3.8) is 0 Å². The lowest BCUT2D eigenvalue weighted by Crippen LogP contribution is -2.36. The number of para-hydroxylation sites is 1. The average molecular weight is 398 g/mol. The lowest BCUT2D eigenvalue weighted by molar-refractivity contribution is -0.123. The van der Waals surface area contributed by atoms with E-state index in [1.807, 2.05) is 17.9 Å². The second-order valence-corrected chi connectivity index (χ2v) is 6.86. The van der Waals surface area contributed by atoms with E-state index in [-0.39, 0.29) is 28.6 Å². The zero-order valence-corrected chi connectivity index (χ0v) is 16.5. The van der Waals surface area contributed by atoms with Crippen LogP contribution in [0, 0.1) is 17.2 Å². The van der Waals surface area contributed by atoms with Crippen LogP contribution in [-0.4, -0.2) is 42.4 Å². The van der Waals surface area contributed by atoms with Gasteiger partial charge in [0.2, 0.25) is 5.91 Å². The van der Waals surface area contributed by atoms with Crippen molar-refractivity contribution in [1.29, 1.82) is 5.26 Å². The molecule has 1 aliphatic rings. The molecule has 8 heteroatoms. The molecule has 1 aliphatic heterocycles. The first-order valence-electron chi connectivity index (χ1n) is 9.69. The molecular weight excluding hydrogens is 372 g/mol. The van der Waals surface area contributed by atoms with Gasteiger partial charge in [0.05, 0.1) is 17.9 Å². The summed E-state index contributed by atoms with van der Waals surface area (Å²) >= 11 is 0. The minimum Gasteiger partial charge on any atom is -0.462 e. The van der Waals surface area contributed by atoms with Crippen molar-refractivity contribution < 1.29 is 19.1 Å². The minimum absolute atomic E-state index is 0.0864. The number of carbonyl (C=O) groups excluding carboxylic acids is 3. The number of nitrogens with one attached hydrogen (secondary N) is 1. The minimum atomic E-state index is -0.613. The number of nitrogens with two attached hydrogens (primary N) is 1. The monoisotopic (exact) mass is 398 g/mol. The number of unbranched alkanes of at least 4 members (excludes halogenated alkanes) is 1. The van der Waals surface area contributed by atoms with Gasteiger partial charge in [0.25, 0.3) is 5.91 Å². The molecule has 0 unspecified atom stereocenters. The Balaban J connectivity index is 2.06. The predicted molar refractivity (Wildman–Crippen MR) is 107 cm³/mol. The molecule has 0 atom stereocenters. The number of amides is 2. The van der Waals surface area contributed by atoms with Crippen LogP contribution in [0.15, 0.2) is 36.0 Å². The molecule has 29 heavy (non-hydrogen) atoms. The number of nitrogens with zero attached hydrogens (tertiary/aromatic N) is 2. The van der Waals surface area contributed by atoms with Crippen LogP contribution >= 0.6 is 0 Å². The second kappa shape index (κ2) is 10.9. The summed E-state index contributed by atoms with van der Waals surface area (Å²) in [5, 5.41) is 12.0. The van der Waals surface area contributed by atoms with Crippen LogP contribution in [0.2, 0.25) is 0 Å². The number of likely N-dealkylation sites (tertiary alicyclic amines) is 1. The smallest absolute Gasteiger partial charge is 0.340 e. The van der Waals surface area contributed by atoms with E-state index < -0.39 is 11.9 Å². The molecule has 1 saturated heterocycles. The average Bonchev–Trinajstić information content (AvgIpc) is 2.72. The summed E-state index contributed by atoms with van der Waals surface area (Å²) in [6, 6.07) is 8.40. The summed E-state index contributed by atoms with van der Waals surface area (Å²) < 4.78 is 5.21. The van der Waals surface area contributed by atoms with Gasteiger partial charge in [-0.05, 0) is 31.4 Å². The number of carbonyl (C=O) groups is 3. The Labute approximate surface area is 170 Å². The number of benzene rings is 1. The Hall–Kier alpha value is -3.34. The topological polar surface area (TPSA) is 126 Å². The predicted octanol–water partition coefficient (Wildman–Crippen LogP) is 2.19. The quantitative estimate of drug-likeness (QED) is 0.299. The third-order valence-electron chi connectivity index (χ3n) is 4.73. The summed E-state index contributed by atoms with van der Waals surface area (Å²) in [6.45, 7) is 3.37. The highest BCUT2D eigenvalue weighted by atomic mass is 16.5. The van der Waals surface area contributed by atoms with E-state index in [1.165, 1.54) is 6.20 Å². The van der Waals surface area contributed by atoms with Crippen LogP contribution in [0.25, 0.3) is 0 Å². The van der Waals surface area contributed by atoms with Crippen molar-refractivity contribution in [2.24, 2.45) is 11.7 Å². The van der Waals surface area contributed by atoms with E-state index >= 15 is 0 Å². The van der Waals surface area contributed by atoms with Crippen molar-refractivity contribution in [3.05, 3.63) is 41.6 Å². The number of primary amides is 1. The van der Waals surface area contributed by atoms with Gasteiger partial charge in [0, 0.05) is 25.2 Å². The molecule has 1 heterocycles. The normalized spacial score (nSPS) is 14.8. The van der Waals surface area contributed by atoms with Crippen molar-refractivity contribution in [2.75, 3.05) is 25.0 Å². The van der Waals surface area contributed by atoms with E-state index in [4.69, 9.17) is 10.5 Å². The number of hydrogen-bond acceptors (Lipinski definition) is 6. The number of ether oxygens (including phenoxy) is 1. The summed E-state index contributed by atoms with van der Waals surface area (Å²) in [6.07, 6.45) is 4.30. The zero-order chi connectivity index (χ0) is 21.2. The van der Waals surface area contributed by atoms with Crippen molar-refractivity contribution in [3.8, 4) is 6.07 Å². The van der Waals surface area contributed by atoms with Crippen molar-refractivity contribution in [1.82, 2.24) is 4.90 Å². The Morgan fingerprint density at radius 2 is 2.00 bits per heavy atom. The van der Waals surface area contributed by atoms with Gasteiger partial charge in [-0.1, -0.05) is 25.5 Å². The van der Waals surface area contributed by atoms with Crippen LogP contribution in [0.3, 0.4) is 0 Å². The standard InChI is InChI=1S/C21H26N4O4/c1-2-3-12-29-21(28)17-6-4-5-7-18(17)24-20(27)16(13-22)14-25-10-8-15(9-11-25)19(23)26/h4-7,14-15H,2-3,8-12H2,1H3,(H2,23,26)(H,24,27)/b16-14-. The number of rotatable bonds is 8. The van der Waals surface area contributed by atoms with Gasteiger partial charge in [-0.25, -0.2) is 4.79 Å². The fraction of sp³-hybridized carbons (Fsp3) is 0.429. The molecule has 2 amide bonds. The van der Waals surface area contributed by atoms with Crippen LogP contribution < -0.4 is 11.1 Å². The number of esters is 1. The highest BCUT2D eigenvalue weighted by Gasteiger charge is 2.23. The first kappa shape index (κ1) is 22.0. The van der Waals surface area contributed by atoms with Gasteiger partial charge in [0.1, 0.15) is 11.6 Å². The van der Waals surface area contributed by atoms with Crippen molar-refractivity contribution in [2.45, 2.75) is 32.6 Å². The van der Waals surface area contributed by atoms with Gasteiger partial charge in [-0.2, -0.15) is 5.26 Å². The fourth-order valence-electron chi connectivity index (χ4n) is 2.98. The SMILES string of the molecule is CCCCOC(=O)c1ccccc1NC(=O)/C(C#N)=C\N1CCC(C(N)=O)CC1. The zero-order valence-electron chi connectivity index (χ0n) is 16.5. The Morgan fingerprint density at radius 1 is 1.31 bits per heavy atom. The van der Waals surface area contributed by atoms with Crippen LogP contribution in [0.4, 0.5) is 5.69 Å². The first-order chi connectivity index (χ1) is 14.0. The largest absolute Gasteiger partial charge is 0.462 e. The highest BCUT2D eigenvalue weighted by molar-refractivity contribution is 6.09. The number of anilines is 1. The molecule has 0 radical (unpaired) electrons. The van der Waals surface area contributed by atoms with Gasteiger partial charge < -0.3 is 20.7 Å². The molecule has 1 aromatic carbocycles. The van der Waals surface area contributed by atoms with Crippen LogP contribution in [0.1, 0.15) is 43.0 Å². The molecule has 154 valence electrons. The summed E-state index contributed by atoms with van der Waals surface area (Å²) in [5.74, 6) is -1.64. The summed E-state index contributed by atoms with van der Waals surface area (Å²) in [4.78, 5) is 37.9. The molecule has 2 rings (SSSR count). The maximum absolute atomic E-state index is 12.6. The van der Waals surface area contributed by atoms with Crippen LogP contribution in [-0.2, 0) is 14.3 Å². The summed E-state index contributed by atoms with van der Waals surface area (Å²) in [5.41, 5.74) is 5.76. The molecule has 1 fully saturated rings. The highest BCUT2D eigenvalue weighted by Crippen LogP contribution is 2.19. The maximum Gasteiger partial charge on any atom is 0.340 e. The first-order valence-corrected chi connectivity index (χ1v) is 9.69. The van der Waals surface area contributed by atoms with Gasteiger partial charge in [0.15, 0.2) is 0 Å². The number of piperidine rings is 1. The van der Waals surface area contributed by atoms with E-state index in [2.05, 4.69) is 5.32 Å². The molecule has 1 aromatic rings. The van der Waals surface area contributed by atoms with E-state index in [1.54, 1.807) is 24.3 Å². The Kier molecular flexibility index (Phi) is 8.22. The lowest BCUT2D eigenvalue weighted by atomic mass is 9.96. The number of hydrogen-bond donors (Lipinski definition) is 2. The third-order valence-corrected chi connectivity index (χ3v) is 4.73. The molecule has 0 aliphatic carbocycles. The molecule has 0 saturated carbocycles. The fourth-order valence-corrected chi connectivity index (χ4v) is 2.98. The lowest BCUT2D eigenvalue weighted by Gasteiger charge is -2.29. The second-order valence-electron chi connectivity index (χ2n) is 6.86. The van der Waals surface area contributed by atoms with E-state index in [0.717, 1.165) is 12.8 Å². The van der Waals surface area contributed by atoms with Crippen LogP contribution in [0.5, 0.6) is 0 Å². The van der Waals surface area contributed by atoms with Gasteiger partial charge in [-0.15, -0.1) is 0 Å². The molecule has 0 aromatic heterocycles. The molecular formula is C21H26N4O4. The number of nitriles is 1. The molecule has 3 N–H and O–H groups in total. The maximum atomic E-state index is 12.6. The Morgan fingerprint density at radius 3 is 2.62 bits per heavy atom. The summed E-state index contributed by atoms with van der Waals surface area (Å²) in [7, 11) is 0. The van der Waals surface area contributed by atoms with E-state index in [9.17, 15) is 19.6 Å². The Bertz CT molecular complexity index is 820. The van der Waals surface area contributed by atoms with E-state index in [0.29, 0.717) is 32.5 Å². The van der Waals surface area contributed by atoms with Gasteiger partial charge in [-0.3, -0.25) is 9.59 Å². The molecule has 0 spiro atoms. The molecule has 0 bridgehead atoms. The third kappa shape index (κ3) is 6.35. The van der Waals surface area contributed by atoms with Crippen molar-refractivity contribution >= 4 is 23.5 Å². The van der Waals surface area contributed by atoms with Gasteiger partial charge >= 0.3 is 5.97 Å².